The first-order chi connectivity index (χ1) is 11.4. The fourth-order valence-electron chi connectivity index (χ4n) is 2.53. The maximum Gasteiger partial charge on any atom is 0.223 e. The van der Waals surface area contributed by atoms with Gasteiger partial charge >= 0.3 is 0 Å². The molecule has 1 unspecified atom stereocenters. The van der Waals surface area contributed by atoms with Crippen LogP contribution in [0, 0.1) is 0 Å². The van der Waals surface area contributed by atoms with E-state index in [0.717, 1.165) is 34.3 Å². The van der Waals surface area contributed by atoms with Crippen molar-refractivity contribution < 1.29 is 18.8 Å². The van der Waals surface area contributed by atoms with Crippen LogP contribution >= 0.6 is 0 Å². The van der Waals surface area contributed by atoms with E-state index in [0.29, 0.717) is 19.8 Å². The van der Waals surface area contributed by atoms with E-state index < -0.39 is 0 Å². The molecule has 1 aliphatic heterocycles. The van der Waals surface area contributed by atoms with Crippen LogP contribution in [0.15, 0.2) is 47.1 Å². The number of ether oxygens (including phenoxy) is 3. The molecule has 0 saturated heterocycles. The molecule has 1 aromatic heterocycles. The average Bonchev–Trinajstić information content (AvgIpc) is 3.06. The van der Waals surface area contributed by atoms with E-state index in [1.807, 2.05) is 42.5 Å². The Hall–Kier alpha value is -2.44. The van der Waals surface area contributed by atoms with Crippen LogP contribution in [0.25, 0.3) is 11.0 Å². The number of fused-ring (bicyclic) bond motifs is 2. The molecule has 118 valence electrons. The van der Waals surface area contributed by atoms with Crippen LogP contribution in [0.1, 0.15) is 11.1 Å². The SMILES string of the molecule is c1ccc2c(c1)COC(COCCc1ccc3nonc3c1)O2. The van der Waals surface area contributed by atoms with Crippen molar-refractivity contribution in [2.24, 2.45) is 0 Å². The summed E-state index contributed by atoms with van der Waals surface area (Å²) in [4.78, 5) is 0. The first kappa shape index (κ1) is 14.2. The maximum absolute atomic E-state index is 5.75. The quantitative estimate of drug-likeness (QED) is 0.675. The van der Waals surface area contributed by atoms with Crippen molar-refractivity contribution in [2.75, 3.05) is 13.2 Å². The van der Waals surface area contributed by atoms with Crippen molar-refractivity contribution in [3.63, 3.8) is 0 Å². The molecule has 0 fully saturated rings. The van der Waals surface area contributed by atoms with Gasteiger partial charge in [-0.2, -0.15) is 0 Å². The first-order valence-corrected chi connectivity index (χ1v) is 7.53. The van der Waals surface area contributed by atoms with Crippen LogP contribution in [0.3, 0.4) is 0 Å². The summed E-state index contributed by atoms with van der Waals surface area (Å²) in [6.07, 6.45) is 0.429. The van der Waals surface area contributed by atoms with Gasteiger partial charge in [-0.15, -0.1) is 0 Å². The molecule has 0 radical (unpaired) electrons. The van der Waals surface area contributed by atoms with Gasteiger partial charge in [-0.1, -0.05) is 24.3 Å². The molecule has 0 saturated carbocycles. The zero-order valence-corrected chi connectivity index (χ0v) is 12.5. The lowest BCUT2D eigenvalue weighted by Gasteiger charge is -2.26. The Morgan fingerprint density at radius 3 is 3.00 bits per heavy atom. The third-order valence-electron chi connectivity index (χ3n) is 3.76. The second-order valence-electron chi connectivity index (χ2n) is 5.38. The topological polar surface area (TPSA) is 66.6 Å². The third kappa shape index (κ3) is 3.18. The Morgan fingerprint density at radius 2 is 2.00 bits per heavy atom. The Bertz CT molecular complexity index is 802. The Morgan fingerprint density at radius 1 is 1.09 bits per heavy atom. The smallest absolute Gasteiger partial charge is 0.223 e. The molecule has 6 nitrogen and oxygen atoms in total. The van der Waals surface area contributed by atoms with E-state index >= 15 is 0 Å². The second-order valence-corrected chi connectivity index (χ2v) is 5.38. The monoisotopic (exact) mass is 312 g/mol. The van der Waals surface area contributed by atoms with E-state index in [1.165, 1.54) is 0 Å². The van der Waals surface area contributed by atoms with Gasteiger partial charge in [0.2, 0.25) is 6.29 Å². The van der Waals surface area contributed by atoms with Gasteiger partial charge in [0.15, 0.2) is 0 Å². The largest absolute Gasteiger partial charge is 0.462 e. The summed E-state index contributed by atoms with van der Waals surface area (Å²) in [5, 5.41) is 7.62. The highest BCUT2D eigenvalue weighted by molar-refractivity contribution is 5.73. The first-order valence-electron chi connectivity index (χ1n) is 7.53. The number of rotatable bonds is 5. The number of nitrogens with zero attached hydrogens (tertiary/aromatic N) is 2. The van der Waals surface area contributed by atoms with Crippen molar-refractivity contribution in [3.05, 3.63) is 53.6 Å². The normalized spacial score (nSPS) is 17.0. The molecular formula is C17H16N2O4. The zero-order chi connectivity index (χ0) is 15.5. The molecule has 0 N–H and O–H groups in total. The minimum Gasteiger partial charge on any atom is -0.462 e. The van der Waals surface area contributed by atoms with E-state index in [1.54, 1.807) is 0 Å². The van der Waals surface area contributed by atoms with Crippen LogP contribution in [0.4, 0.5) is 0 Å². The molecule has 0 bridgehead atoms. The predicted octanol–water partition coefficient (Wildman–Crippen LogP) is 2.72. The van der Waals surface area contributed by atoms with Crippen molar-refractivity contribution >= 4 is 11.0 Å². The summed E-state index contributed by atoms with van der Waals surface area (Å²) in [5.41, 5.74) is 3.72. The fraction of sp³-hybridized carbons (Fsp3) is 0.294. The van der Waals surface area contributed by atoms with Gasteiger partial charge in [-0.05, 0) is 40.5 Å². The summed E-state index contributed by atoms with van der Waals surface area (Å²) < 4.78 is 21.7. The van der Waals surface area contributed by atoms with Crippen LogP contribution in [-0.4, -0.2) is 29.8 Å². The molecule has 3 aromatic rings. The summed E-state index contributed by atoms with van der Waals surface area (Å²) >= 11 is 0. The Labute approximate surface area is 132 Å². The number of para-hydroxylation sites is 1. The van der Waals surface area contributed by atoms with Crippen LogP contribution < -0.4 is 4.74 Å². The molecular weight excluding hydrogens is 296 g/mol. The molecule has 1 aliphatic rings. The van der Waals surface area contributed by atoms with Gasteiger partial charge in [-0.25, -0.2) is 4.63 Å². The van der Waals surface area contributed by atoms with Crippen LogP contribution in [-0.2, 0) is 22.5 Å². The van der Waals surface area contributed by atoms with Gasteiger partial charge in [0, 0.05) is 5.56 Å². The van der Waals surface area contributed by atoms with Crippen LogP contribution in [0.5, 0.6) is 5.75 Å². The van der Waals surface area contributed by atoms with Crippen LogP contribution in [0.2, 0.25) is 0 Å². The highest BCUT2D eigenvalue weighted by Crippen LogP contribution is 2.25. The van der Waals surface area contributed by atoms with E-state index in [-0.39, 0.29) is 6.29 Å². The van der Waals surface area contributed by atoms with Gasteiger partial charge in [0.1, 0.15) is 23.4 Å². The van der Waals surface area contributed by atoms with E-state index in [9.17, 15) is 0 Å². The summed E-state index contributed by atoms with van der Waals surface area (Å²) in [6, 6.07) is 13.7. The van der Waals surface area contributed by atoms with Crippen molar-refractivity contribution in [1.29, 1.82) is 0 Å². The summed E-state index contributed by atoms with van der Waals surface area (Å²) in [5.74, 6) is 0.872. The lowest BCUT2D eigenvalue weighted by atomic mass is 10.1. The third-order valence-corrected chi connectivity index (χ3v) is 3.76. The molecule has 0 amide bonds. The standard InChI is InChI=1S/C17H16N2O4/c1-2-4-16-13(3-1)10-21-17(22-16)11-20-8-7-12-5-6-14-15(9-12)19-23-18-14/h1-6,9,17H,7-8,10-11H2. The minimum absolute atomic E-state index is 0.355. The van der Waals surface area contributed by atoms with Gasteiger partial charge in [0.25, 0.3) is 0 Å². The maximum atomic E-state index is 5.75. The average molecular weight is 312 g/mol. The summed E-state index contributed by atoms with van der Waals surface area (Å²) in [6.45, 7) is 1.55. The molecule has 23 heavy (non-hydrogen) atoms. The minimum atomic E-state index is -0.355. The predicted molar refractivity (Wildman–Crippen MR) is 82.0 cm³/mol. The number of aromatic nitrogens is 2. The van der Waals surface area contributed by atoms with Gasteiger partial charge < -0.3 is 14.2 Å². The zero-order valence-electron chi connectivity index (χ0n) is 12.5. The highest BCUT2D eigenvalue weighted by Gasteiger charge is 2.19. The molecule has 2 heterocycles. The number of hydrogen-bond donors (Lipinski definition) is 0. The second kappa shape index (κ2) is 6.36. The highest BCUT2D eigenvalue weighted by atomic mass is 16.7. The Balaban J connectivity index is 1.26. The van der Waals surface area contributed by atoms with Crippen molar-refractivity contribution in [2.45, 2.75) is 19.3 Å². The molecule has 1 atom stereocenters. The summed E-state index contributed by atoms with van der Waals surface area (Å²) in [7, 11) is 0. The lowest BCUT2D eigenvalue weighted by molar-refractivity contribution is -0.142. The molecule has 4 rings (SSSR count). The van der Waals surface area contributed by atoms with Crippen molar-refractivity contribution in [1.82, 2.24) is 10.3 Å². The fourth-order valence-corrected chi connectivity index (χ4v) is 2.53. The molecule has 2 aromatic carbocycles. The molecule has 6 heteroatoms. The number of hydrogen-bond acceptors (Lipinski definition) is 6. The number of benzene rings is 2. The molecule has 0 spiro atoms. The van der Waals surface area contributed by atoms with E-state index in [4.69, 9.17) is 14.2 Å². The Kier molecular flexibility index (Phi) is 3.92. The van der Waals surface area contributed by atoms with Gasteiger partial charge in [-0.3, -0.25) is 0 Å². The van der Waals surface area contributed by atoms with Gasteiger partial charge in [0.05, 0.1) is 13.2 Å². The molecule has 0 aliphatic carbocycles. The lowest BCUT2D eigenvalue weighted by Crippen LogP contribution is -2.30. The van der Waals surface area contributed by atoms with Crippen molar-refractivity contribution in [3.8, 4) is 5.75 Å². The van der Waals surface area contributed by atoms with E-state index in [2.05, 4.69) is 14.9 Å².